The Morgan fingerprint density at radius 1 is 1.14 bits per heavy atom. The standard InChI is InChI=1S/C21H25FN2O5/c1-20(2)19-24(29-18(26)7-6-17(25)28-19)16-12-14(22)4-5-15(16)21(20,27)13-8-10-23(3)11-9-13/h4-7,12-13,19,27H,8-11H2,1-3H3/b7-6+. The van der Waals surface area contributed by atoms with E-state index < -0.39 is 35.0 Å². The van der Waals surface area contributed by atoms with Crippen LogP contribution in [0.4, 0.5) is 10.1 Å². The Hall–Kier alpha value is -2.45. The fourth-order valence-electron chi connectivity index (χ4n) is 4.84. The summed E-state index contributed by atoms with van der Waals surface area (Å²) in [4.78, 5) is 31.9. The van der Waals surface area contributed by atoms with Crippen molar-refractivity contribution in [2.24, 2.45) is 11.3 Å². The maximum atomic E-state index is 14.2. The first kappa shape index (κ1) is 19.8. The molecule has 1 saturated heterocycles. The van der Waals surface area contributed by atoms with Gasteiger partial charge in [0.1, 0.15) is 11.4 Å². The van der Waals surface area contributed by atoms with E-state index in [4.69, 9.17) is 9.57 Å². The van der Waals surface area contributed by atoms with Crippen LogP contribution in [0.3, 0.4) is 0 Å². The first-order valence-corrected chi connectivity index (χ1v) is 9.75. The highest BCUT2D eigenvalue weighted by Gasteiger charge is 2.62. The predicted molar refractivity (Wildman–Crippen MR) is 102 cm³/mol. The minimum absolute atomic E-state index is 0.143. The summed E-state index contributed by atoms with van der Waals surface area (Å²) in [5.74, 6) is -2.19. The number of benzene rings is 1. The molecule has 3 aliphatic heterocycles. The smallest absolute Gasteiger partial charge is 0.356 e. The normalized spacial score (nSPS) is 31.1. The molecule has 8 heteroatoms. The molecule has 0 radical (unpaired) electrons. The lowest BCUT2D eigenvalue weighted by atomic mass is 9.59. The van der Waals surface area contributed by atoms with Crippen molar-refractivity contribution in [3.63, 3.8) is 0 Å². The van der Waals surface area contributed by atoms with Gasteiger partial charge >= 0.3 is 11.9 Å². The average Bonchev–Trinajstić information content (AvgIpc) is 2.66. The number of fused-ring (bicyclic) bond motifs is 3. The molecule has 1 aromatic carbocycles. The number of anilines is 1. The summed E-state index contributed by atoms with van der Waals surface area (Å²) in [5.41, 5.74) is -1.83. The lowest BCUT2D eigenvalue weighted by Gasteiger charge is -2.57. The second kappa shape index (κ2) is 6.81. The summed E-state index contributed by atoms with van der Waals surface area (Å²) in [7, 11) is 2.03. The summed E-state index contributed by atoms with van der Waals surface area (Å²) in [6.45, 7) is 5.18. The highest BCUT2D eigenvalue weighted by molar-refractivity contribution is 5.93. The molecule has 0 bridgehead atoms. The number of halogens is 1. The molecule has 0 amide bonds. The summed E-state index contributed by atoms with van der Waals surface area (Å²) in [6, 6.07) is 4.02. The Bertz CT molecular complexity index is 878. The third-order valence-corrected chi connectivity index (χ3v) is 6.50. The van der Waals surface area contributed by atoms with E-state index in [1.54, 1.807) is 13.8 Å². The zero-order chi connectivity index (χ0) is 21.0. The van der Waals surface area contributed by atoms with Crippen LogP contribution in [0.2, 0.25) is 0 Å². The van der Waals surface area contributed by atoms with Gasteiger partial charge in [0.05, 0.1) is 11.1 Å². The lowest BCUT2D eigenvalue weighted by molar-refractivity contribution is -0.214. The number of aliphatic hydroxyl groups is 1. The van der Waals surface area contributed by atoms with E-state index in [0.29, 0.717) is 5.56 Å². The summed E-state index contributed by atoms with van der Waals surface area (Å²) in [6.07, 6.45) is 2.29. The van der Waals surface area contributed by atoms with Crippen molar-refractivity contribution < 1.29 is 28.7 Å². The van der Waals surface area contributed by atoms with Crippen LogP contribution in [0.1, 0.15) is 32.3 Å². The maximum absolute atomic E-state index is 14.2. The molecule has 2 unspecified atom stereocenters. The minimum Gasteiger partial charge on any atom is -0.434 e. The zero-order valence-electron chi connectivity index (χ0n) is 16.7. The van der Waals surface area contributed by atoms with Gasteiger partial charge in [0.25, 0.3) is 0 Å². The number of carbonyl (C=O) groups excluding carboxylic acids is 2. The fraction of sp³-hybridized carbons (Fsp3) is 0.524. The zero-order valence-corrected chi connectivity index (χ0v) is 16.7. The highest BCUT2D eigenvalue weighted by atomic mass is 19.1. The molecule has 3 aliphatic rings. The molecule has 0 aromatic heterocycles. The number of hydrogen-bond donors (Lipinski definition) is 1. The molecule has 1 N–H and O–H groups in total. The van der Waals surface area contributed by atoms with Crippen LogP contribution in [0.15, 0.2) is 30.4 Å². The number of ether oxygens (including phenoxy) is 1. The Labute approximate surface area is 168 Å². The molecule has 4 rings (SSSR count). The molecule has 29 heavy (non-hydrogen) atoms. The summed E-state index contributed by atoms with van der Waals surface area (Å²) >= 11 is 0. The van der Waals surface area contributed by atoms with Crippen LogP contribution >= 0.6 is 0 Å². The molecular weight excluding hydrogens is 379 g/mol. The number of piperidine rings is 1. The van der Waals surface area contributed by atoms with Gasteiger partial charge in [0.15, 0.2) is 0 Å². The van der Waals surface area contributed by atoms with E-state index in [2.05, 4.69) is 4.90 Å². The second-order valence-corrected chi connectivity index (χ2v) is 8.59. The van der Waals surface area contributed by atoms with E-state index >= 15 is 0 Å². The van der Waals surface area contributed by atoms with Gasteiger partial charge in [-0.3, -0.25) is 0 Å². The van der Waals surface area contributed by atoms with Crippen LogP contribution in [0, 0.1) is 17.2 Å². The van der Waals surface area contributed by atoms with Crippen molar-refractivity contribution in [1.29, 1.82) is 0 Å². The number of hydrogen-bond acceptors (Lipinski definition) is 7. The molecule has 0 saturated carbocycles. The lowest BCUT2D eigenvalue weighted by Crippen LogP contribution is -2.65. The molecule has 3 heterocycles. The monoisotopic (exact) mass is 404 g/mol. The second-order valence-electron chi connectivity index (χ2n) is 8.59. The van der Waals surface area contributed by atoms with Crippen molar-refractivity contribution in [3.8, 4) is 0 Å². The summed E-state index contributed by atoms with van der Waals surface area (Å²) < 4.78 is 19.8. The number of esters is 1. The van der Waals surface area contributed by atoms with Crippen LogP contribution < -0.4 is 5.06 Å². The van der Waals surface area contributed by atoms with Gasteiger partial charge in [0, 0.05) is 23.8 Å². The van der Waals surface area contributed by atoms with Crippen molar-refractivity contribution in [3.05, 3.63) is 41.7 Å². The Morgan fingerprint density at radius 3 is 2.48 bits per heavy atom. The molecule has 156 valence electrons. The van der Waals surface area contributed by atoms with Gasteiger partial charge in [-0.1, -0.05) is 19.9 Å². The quantitative estimate of drug-likeness (QED) is 0.718. The summed E-state index contributed by atoms with van der Waals surface area (Å²) in [5, 5.41) is 13.3. The van der Waals surface area contributed by atoms with E-state index in [9.17, 15) is 19.1 Å². The van der Waals surface area contributed by atoms with Crippen LogP contribution in [0.5, 0.6) is 0 Å². The SMILES string of the molecule is CN1CCC(C2(O)c3ccc(F)cc3N3OC(=O)/C=C/C(=O)OC3C2(C)C)CC1. The largest absolute Gasteiger partial charge is 0.434 e. The van der Waals surface area contributed by atoms with E-state index in [-0.39, 0.29) is 11.6 Å². The molecule has 0 aliphatic carbocycles. The molecule has 1 fully saturated rings. The van der Waals surface area contributed by atoms with Crippen molar-refractivity contribution in [2.45, 2.75) is 38.5 Å². The first-order valence-electron chi connectivity index (χ1n) is 9.75. The minimum atomic E-state index is -1.42. The highest BCUT2D eigenvalue weighted by Crippen LogP contribution is 2.58. The Balaban J connectivity index is 1.91. The topological polar surface area (TPSA) is 79.3 Å². The Kier molecular flexibility index (Phi) is 4.66. The first-order chi connectivity index (χ1) is 13.6. The number of rotatable bonds is 1. The number of hydroxylamine groups is 1. The predicted octanol–water partition coefficient (Wildman–Crippen LogP) is 2.10. The molecule has 1 aromatic rings. The van der Waals surface area contributed by atoms with Crippen LogP contribution in [-0.2, 0) is 24.8 Å². The molecule has 2 atom stereocenters. The van der Waals surface area contributed by atoms with Gasteiger partial charge in [0.2, 0.25) is 6.23 Å². The average molecular weight is 404 g/mol. The van der Waals surface area contributed by atoms with Crippen molar-refractivity contribution in [2.75, 3.05) is 25.2 Å². The molecule has 0 spiro atoms. The van der Waals surface area contributed by atoms with Gasteiger partial charge < -0.3 is 19.6 Å². The number of likely N-dealkylation sites (tertiary alicyclic amines) is 1. The third kappa shape index (κ3) is 3.02. The fourth-order valence-corrected chi connectivity index (χ4v) is 4.84. The van der Waals surface area contributed by atoms with Gasteiger partial charge in [-0.2, -0.15) is 5.06 Å². The maximum Gasteiger partial charge on any atom is 0.356 e. The van der Waals surface area contributed by atoms with Gasteiger partial charge in [-0.15, -0.1) is 0 Å². The Morgan fingerprint density at radius 2 is 1.79 bits per heavy atom. The van der Waals surface area contributed by atoms with E-state index in [0.717, 1.165) is 43.1 Å². The van der Waals surface area contributed by atoms with Gasteiger partial charge in [-0.25, -0.2) is 14.0 Å². The third-order valence-electron chi connectivity index (χ3n) is 6.50. The van der Waals surface area contributed by atoms with Crippen LogP contribution in [-0.4, -0.2) is 48.3 Å². The van der Waals surface area contributed by atoms with E-state index in [1.165, 1.54) is 18.2 Å². The van der Waals surface area contributed by atoms with Crippen molar-refractivity contribution >= 4 is 17.6 Å². The van der Waals surface area contributed by atoms with Gasteiger partial charge in [-0.05, 0) is 45.0 Å². The van der Waals surface area contributed by atoms with E-state index in [1.807, 2.05) is 7.05 Å². The molecular formula is C21H25FN2O5. The van der Waals surface area contributed by atoms with Crippen molar-refractivity contribution in [1.82, 2.24) is 4.90 Å². The number of carbonyl (C=O) groups is 2. The van der Waals surface area contributed by atoms with Crippen LogP contribution in [0.25, 0.3) is 0 Å². The molecule has 7 nitrogen and oxygen atoms in total. The number of nitrogens with zero attached hydrogens (tertiary/aromatic N) is 2.